The fourth-order valence-electron chi connectivity index (χ4n) is 4.67. The van der Waals surface area contributed by atoms with Gasteiger partial charge in [0.2, 0.25) is 5.91 Å². The van der Waals surface area contributed by atoms with Gasteiger partial charge < -0.3 is 10.0 Å². The van der Waals surface area contributed by atoms with Crippen LogP contribution in [0.3, 0.4) is 0 Å². The first-order chi connectivity index (χ1) is 11.5. The highest BCUT2D eigenvalue weighted by atomic mass is 19.1. The monoisotopic (exact) mass is 335 g/mol. The van der Waals surface area contributed by atoms with E-state index in [0.717, 1.165) is 37.5 Å². The molecule has 5 unspecified atom stereocenters. The predicted molar refractivity (Wildman–Crippen MR) is 81.2 cm³/mol. The Morgan fingerprint density at radius 1 is 1.21 bits per heavy atom. The molecule has 6 heteroatoms. The molecule has 2 aliphatic carbocycles. The van der Waals surface area contributed by atoms with Crippen LogP contribution in [0.4, 0.5) is 8.78 Å². The van der Waals surface area contributed by atoms with Crippen molar-refractivity contribution in [2.75, 3.05) is 6.54 Å². The van der Waals surface area contributed by atoms with Gasteiger partial charge in [0.15, 0.2) is 0 Å². The molecule has 1 aromatic rings. The normalized spacial score (nSPS) is 34.2. The number of amides is 1. The molecule has 3 fully saturated rings. The lowest BCUT2D eigenvalue weighted by atomic mass is 9.94. The van der Waals surface area contributed by atoms with Crippen molar-refractivity contribution in [2.45, 2.75) is 37.6 Å². The van der Waals surface area contributed by atoms with E-state index in [-0.39, 0.29) is 29.2 Å². The summed E-state index contributed by atoms with van der Waals surface area (Å²) in [5, 5.41) is 9.54. The number of likely N-dealkylation sites (tertiary alicyclic amines) is 1. The van der Waals surface area contributed by atoms with Gasteiger partial charge in [-0.15, -0.1) is 0 Å². The van der Waals surface area contributed by atoms with Crippen LogP contribution in [0.25, 0.3) is 0 Å². The third-order valence-electron chi connectivity index (χ3n) is 5.89. The molecule has 1 aromatic carbocycles. The molecule has 24 heavy (non-hydrogen) atoms. The summed E-state index contributed by atoms with van der Waals surface area (Å²) in [5.74, 6) is -2.68. The van der Waals surface area contributed by atoms with E-state index in [1.54, 1.807) is 0 Å². The number of hydrogen-bond donors (Lipinski definition) is 1. The summed E-state index contributed by atoms with van der Waals surface area (Å²) >= 11 is 0. The molecule has 0 spiro atoms. The largest absolute Gasteiger partial charge is 0.480 e. The van der Waals surface area contributed by atoms with E-state index in [4.69, 9.17) is 0 Å². The standard InChI is InChI=1S/C18H19F2NO3/c19-10-4-5-15(20)13(6-10)12-7-14(12)17(22)21-8-9-2-1-3-11(9)16(21)18(23)24/h4-6,9,11-12,14,16H,1-3,7-8H2,(H,23,24). The molecule has 5 atom stereocenters. The Morgan fingerprint density at radius 2 is 2.00 bits per heavy atom. The third-order valence-corrected chi connectivity index (χ3v) is 5.89. The Bertz CT molecular complexity index is 708. The number of fused-ring (bicyclic) bond motifs is 1. The highest BCUT2D eigenvalue weighted by Crippen LogP contribution is 2.51. The topological polar surface area (TPSA) is 57.6 Å². The molecule has 1 aliphatic heterocycles. The summed E-state index contributed by atoms with van der Waals surface area (Å²) in [5.41, 5.74) is 0.222. The Kier molecular flexibility index (Phi) is 3.58. The molecular weight excluding hydrogens is 316 g/mol. The number of rotatable bonds is 3. The van der Waals surface area contributed by atoms with Crippen molar-refractivity contribution in [2.24, 2.45) is 17.8 Å². The van der Waals surface area contributed by atoms with E-state index >= 15 is 0 Å². The van der Waals surface area contributed by atoms with Gasteiger partial charge >= 0.3 is 5.97 Å². The average Bonchev–Trinajstić information content (AvgIpc) is 3.04. The number of nitrogens with zero attached hydrogens (tertiary/aromatic N) is 1. The molecule has 0 bridgehead atoms. The molecule has 4 nitrogen and oxygen atoms in total. The van der Waals surface area contributed by atoms with Crippen molar-refractivity contribution >= 4 is 11.9 Å². The van der Waals surface area contributed by atoms with Crippen molar-refractivity contribution in [3.8, 4) is 0 Å². The molecule has 1 heterocycles. The van der Waals surface area contributed by atoms with Gasteiger partial charge in [0.05, 0.1) is 0 Å². The molecule has 1 amide bonds. The van der Waals surface area contributed by atoms with Crippen LogP contribution in [-0.2, 0) is 9.59 Å². The minimum Gasteiger partial charge on any atom is -0.480 e. The molecule has 1 saturated heterocycles. The first-order valence-electron chi connectivity index (χ1n) is 8.45. The van der Waals surface area contributed by atoms with Crippen molar-refractivity contribution in [3.63, 3.8) is 0 Å². The van der Waals surface area contributed by atoms with Gasteiger partial charge in [-0.2, -0.15) is 0 Å². The zero-order valence-corrected chi connectivity index (χ0v) is 13.1. The highest BCUT2D eigenvalue weighted by molar-refractivity contribution is 5.88. The summed E-state index contributed by atoms with van der Waals surface area (Å²) in [7, 11) is 0. The van der Waals surface area contributed by atoms with Crippen molar-refractivity contribution in [3.05, 3.63) is 35.4 Å². The van der Waals surface area contributed by atoms with Crippen LogP contribution in [0.15, 0.2) is 18.2 Å². The van der Waals surface area contributed by atoms with Crippen molar-refractivity contribution < 1.29 is 23.5 Å². The Morgan fingerprint density at radius 3 is 2.75 bits per heavy atom. The number of benzene rings is 1. The lowest BCUT2D eigenvalue weighted by Gasteiger charge is -2.24. The maximum Gasteiger partial charge on any atom is 0.326 e. The van der Waals surface area contributed by atoms with Crippen molar-refractivity contribution in [1.82, 2.24) is 4.90 Å². The summed E-state index contributed by atoms with van der Waals surface area (Å²) in [6.07, 6.45) is 3.28. The van der Waals surface area contributed by atoms with Crippen LogP contribution in [-0.4, -0.2) is 34.5 Å². The Hall–Kier alpha value is -1.98. The number of hydrogen-bond acceptors (Lipinski definition) is 2. The lowest BCUT2D eigenvalue weighted by molar-refractivity contribution is -0.150. The van der Waals surface area contributed by atoms with Crippen LogP contribution < -0.4 is 0 Å². The van der Waals surface area contributed by atoms with E-state index in [2.05, 4.69) is 0 Å². The molecule has 2 saturated carbocycles. The van der Waals surface area contributed by atoms with E-state index in [1.807, 2.05) is 0 Å². The van der Waals surface area contributed by atoms with E-state index < -0.39 is 29.6 Å². The lowest BCUT2D eigenvalue weighted by Crippen LogP contribution is -2.44. The highest BCUT2D eigenvalue weighted by Gasteiger charge is 2.54. The zero-order chi connectivity index (χ0) is 17.0. The number of aliphatic carboxylic acids is 1. The average molecular weight is 335 g/mol. The van der Waals surface area contributed by atoms with Crippen molar-refractivity contribution in [1.29, 1.82) is 0 Å². The van der Waals surface area contributed by atoms with Crippen LogP contribution in [0, 0.1) is 29.4 Å². The first-order valence-corrected chi connectivity index (χ1v) is 8.45. The van der Waals surface area contributed by atoms with Gasteiger partial charge in [-0.05, 0) is 60.8 Å². The summed E-state index contributed by atoms with van der Waals surface area (Å²) in [6, 6.07) is 2.51. The molecule has 1 N–H and O–H groups in total. The number of carboxylic acid groups (broad SMARTS) is 1. The molecular formula is C18H19F2NO3. The fourth-order valence-corrected chi connectivity index (χ4v) is 4.67. The number of halogens is 2. The molecule has 128 valence electrons. The first kappa shape index (κ1) is 15.5. The summed E-state index contributed by atoms with van der Waals surface area (Å²) in [4.78, 5) is 25.9. The van der Waals surface area contributed by atoms with E-state index in [1.165, 1.54) is 4.90 Å². The van der Waals surface area contributed by atoms with Crippen LogP contribution in [0.1, 0.15) is 37.2 Å². The minimum atomic E-state index is -0.952. The third kappa shape index (κ3) is 2.39. The Balaban J connectivity index is 1.53. The molecule has 0 radical (unpaired) electrons. The maximum atomic E-state index is 13.9. The van der Waals surface area contributed by atoms with Gasteiger partial charge in [-0.3, -0.25) is 4.79 Å². The van der Waals surface area contributed by atoms with Gasteiger partial charge in [-0.25, -0.2) is 13.6 Å². The van der Waals surface area contributed by atoms with Gasteiger partial charge in [0.25, 0.3) is 0 Å². The van der Waals surface area contributed by atoms with Gasteiger partial charge in [0.1, 0.15) is 17.7 Å². The van der Waals surface area contributed by atoms with E-state index in [9.17, 15) is 23.5 Å². The molecule has 4 rings (SSSR count). The maximum absolute atomic E-state index is 13.9. The van der Waals surface area contributed by atoms with Crippen LogP contribution in [0.5, 0.6) is 0 Å². The van der Waals surface area contributed by atoms with Crippen LogP contribution in [0.2, 0.25) is 0 Å². The number of carboxylic acids is 1. The quantitative estimate of drug-likeness (QED) is 0.924. The second-order valence-electron chi connectivity index (χ2n) is 7.24. The number of carbonyl (C=O) groups is 2. The fraction of sp³-hybridized carbons (Fsp3) is 0.556. The van der Waals surface area contributed by atoms with Gasteiger partial charge in [0, 0.05) is 12.5 Å². The number of carbonyl (C=O) groups excluding carboxylic acids is 1. The minimum absolute atomic E-state index is 0.0366. The molecule has 0 aromatic heterocycles. The summed E-state index contributed by atoms with van der Waals surface area (Å²) in [6.45, 7) is 0.481. The smallest absolute Gasteiger partial charge is 0.326 e. The SMILES string of the molecule is O=C(O)C1C2CCCC2CN1C(=O)C1CC1c1cc(F)ccc1F. The second kappa shape index (κ2) is 5.53. The molecule has 3 aliphatic rings. The predicted octanol–water partition coefficient (Wildman–Crippen LogP) is 2.78. The van der Waals surface area contributed by atoms with E-state index in [0.29, 0.717) is 13.0 Å². The van der Waals surface area contributed by atoms with Gasteiger partial charge in [-0.1, -0.05) is 6.42 Å². The Labute approximate surface area is 138 Å². The zero-order valence-electron chi connectivity index (χ0n) is 13.1. The van der Waals surface area contributed by atoms with Crippen LogP contribution >= 0.6 is 0 Å². The second-order valence-corrected chi connectivity index (χ2v) is 7.24. The summed E-state index contributed by atoms with van der Waals surface area (Å²) < 4.78 is 27.2.